The molecule has 1 unspecified atom stereocenters. The van der Waals surface area contributed by atoms with Crippen molar-refractivity contribution in [2.24, 2.45) is 11.1 Å². The summed E-state index contributed by atoms with van der Waals surface area (Å²) in [5.74, 6) is 0.883. The molecule has 0 spiro atoms. The van der Waals surface area contributed by atoms with Crippen molar-refractivity contribution in [3.8, 4) is 0 Å². The first-order valence-electron chi connectivity index (χ1n) is 6.12. The van der Waals surface area contributed by atoms with Crippen molar-refractivity contribution in [2.75, 3.05) is 12.3 Å². The number of nitrogens with two attached hydrogens (primary N) is 1. The highest BCUT2D eigenvalue weighted by Gasteiger charge is 2.22. The predicted octanol–water partition coefficient (Wildman–Crippen LogP) is 2.44. The van der Waals surface area contributed by atoms with Gasteiger partial charge < -0.3 is 5.73 Å². The highest BCUT2D eigenvalue weighted by molar-refractivity contribution is 7.85. The van der Waals surface area contributed by atoms with Crippen LogP contribution in [0.25, 0.3) is 0 Å². The molecule has 90 valence electrons. The second-order valence-electron chi connectivity index (χ2n) is 5.46. The van der Waals surface area contributed by atoms with E-state index in [2.05, 4.69) is 13.8 Å². The van der Waals surface area contributed by atoms with E-state index in [9.17, 15) is 4.21 Å². The molecule has 0 radical (unpaired) electrons. The molecule has 0 amide bonds. The minimum atomic E-state index is -0.573. The molecule has 3 heteroatoms. The SMILES string of the molecule is CC(C)(CN)CCCS(=O)C1CCCC1. The van der Waals surface area contributed by atoms with Crippen molar-refractivity contribution in [1.82, 2.24) is 0 Å². The van der Waals surface area contributed by atoms with Gasteiger partial charge in [0.2, 0.25) is 0 Å². The zero-order valence-corrected chi connectivity index (χ0v) is 10.9. The zero-order valence-electron chi connectivity index (χ0n) is 10.1. The lowest BCUT2D eigenvalue weighted by atomic mass is 9.88. The van der Waals surface area contributed by atoms with Gasteiger partial charge in [-0.25, -0.2) is 0 Å². The van der Waals surface area contributed by atoms with Crippen LogP contribution in [-0.4, -0.2) is 21.8 Å². The first-order valence-corrected chi connectivity index (χ1v) is 7.50. The van der Waals surface area contributed by atoms with Gasteiger partial charge in [-0.15, -0.1) is 0 Å². The Morgan fingerprint density at radius 3 is 2.47 bits per heavy atom. The highest BCUT2D eigenvalue weighted by Crippen LogP contribution is 2.25. The molecule has 0 aromatic rings. The van der Waals surface area contributed by atoms with Gasteiger partial charge in [0, 0.05) is 21.8 Å². The van der Waals surface area contributed by atoms with E-state index in [-0.39, 0.29) is 5.41 Å². The Morgan fingerprint density at radius 2 is 1.93 bits per heavy atom. The standard InChI is InChI=1S/C12H25NOS/c1-12(2,10-13)8-5-9-15(14)11-6-3-4-7-11/h11H,3-10,13H2,1-2H3. The summed E-state index contributed by atoms with van der Waals surface area (Å²) in [6.07, 6.45) is 7.10. The van der Waals surface area contributed by atoms with E-state index in [1.54, 1.807) is 0 Å². The van der Waals surface area contributed by atoms with Crippen LogP contribution in [0.3, 0.4) is 0 Å². The largest absolute Gasteiger partial charge is 0.330 e. The summed E-state index contributed by atoms with van der Waals surface area (Å²) in [4.78, 5) is 0. The van der Waals surface area contributed by atoms with E-state index in [0.29, 0.717) is 5.25 Å². The Bertz CT molecular complexity index is 210. The lowest BCUT2D eigenvalue weighted by Gasteiger charge is -2.22. The first-order chi connectivity index (χ1) is 7.05. The van der Waals surface area contributed by atoms with Crippen molar-refractivity contribution in [3.05, 3.63) is 0 Å². The Hall–Kier alpha value is 0.110. The molecule has 0 heterocycles. The molecule has 2 N–H and O–H groups in total. The van der Waals surface area contributed by atoms with Gasteiger partial charge in [0.25, 0.3) is 0 Å². The van der Waals surface area contributed by atoms with E-state index in [1.165, 1.54) is 25.7 Å². The fourth-order valence-electron chi connectivity index (χ4n) is 2.11. The topological polar surface area (TPSA) is 43.1 Å². The number of hydrogen-bond acceptors (Lipinski definition) is 2. The molecule has 0 aromatic carbocycles. The second-order valence-corrected chi connectivity index (χ2v) is 7.30. The van der Waals surface area contributed by atoms with Crippen LogP contribution >= 0.6 is 0 Å². The Balaban J connectivity index is 2.16. The van der Waals surface area contributed by atoms with E-state index in [0.717, 1.165) is 25.1 Å². The van der Waals surface area contributed by atoms with Gasteiger partial charge in [0.05, 0.1) is 0 Å². The van der Waals surface area contributed by atoms with E-state index in [1.807, 2.05) is 0 Å². The smallest absolute Gasteiger partial charge is 0.0348 e. The Kier molecular flexibility index (Phi) is 5.27. The first kappa shape index (κ1) is 13.2. The maximum absolute atomic E-state index is 11.9. The van der Waals surface area contributed by atoms with E-state index >= 15 is 0 Å². The van der Waals surface area contributed by atoms with Crippen LogP contribution in [-0.2, 0) is 10.8 Å². The summed E-state index contributed by atoms with van der Waals surface area (Å²) in [5.41, 5.74) is 5.89. The van der Waals surface area contributed by atoms with Crippen LogP contribution in [0.2, 0.25) is 0 Å². The summed E-state index contributed by atoms with van der Waals surface area (Å²) in [6, 6.07) is 0. The molecule has 2 nitrogen and oxygen atoms in total. The van der Waals surface area contributed by atoms with Crippen molar-refractivity contribution in [3.63, 3.8) is 0 Å². The summed E-state index contributed by atoms with van der Waals surface area (Å²) in [5, 5.41) is 0.506. The van der Waals surface area contributed by atoms with Crippen LogP contribution in [0.15, 0.2) is 0 Å². The molecule has 1 fully saturated rings. The molecule has 1 rings (SSSR count). The summed E-state index contributed by atoms with van der Waals surface area (Å²) in [6.45, 7) is 5.10. The third-order valence-corrected chi connectivity index (χ3v) is 5.33. The van der Waals surface area contributed by atoms with Gasteiger partial charge in [-0.05, 0) is 37.6 Å². The Labute approximate surface area is 96.5 Å². The van der Waals surface area contributed by atoms with Gasteiger partial charge in [0.1, 0.15) is 0 Å². The molecule has 0 aliphatic heterocycles. The van der Waals surface area contributed by atoms with Gasteiger partial charge in [-0.3, -0.25) is 4.21 Å². The summed E-state index contributed by atoms with van der Waals surface area (Å²) >= 11 is 0. The monoisotopic (exact) mass is 231 g/mol. The van der Waals surface area contributed by atoms with Crippen LogP contribution in [0.1, 0.15) is 52.4 Å². The maximum atomic E-state index is 11.9. The molecule has 0 aromatic heterocycles. The third kappa shape index (κ3) is 4.64. The fourth-order valence-corrected chi connectivity index (χ4v) is 3.73. The van der Waals surface area contributed by atoms with Crippen LogP contribution in [0.5, 0.6) is 0 Å². The second kappa shape index (κ2) is 6.00. The van der Waals surface area contributed by atoms with Crippen molar-refractivity contribution in [1.29, 1.82) is 0 Å². The number of rotatable bonds is 6. The van der Waals surface area contributed by atoms with Gasteiger partial charge in [-0.1, -0.05) is 26.7 Å². The van der Waals surface area contributed by atoms with Crippen LogP contribution in [0.4, 0.5) is 0 Å². The minimum Gasteiger partial charge on any atom is -0.330 e. The molecule has 0 bridgehead atoms. The molecule has 1 saturated carbocycles. The van der Waals surface area contributed by atoms with Gasteiger partial charge in [-0.2, -0.15) is 0 Å². The van der Waals surface area contributed by atoms with Crippen LogP contribution < -0.4 is 5.73 Å². The predicted molar refractivity (Wildman–Crippen MR) is 67.3 cm³/mol. The van der Waals surface area contributed by atoms with Crippen molar-refractivity contribution < 1.29 is 4.21 Å². The highest BCUT2D eigenvalue weighted by atomic mass is 32.2. The zero-order chi connectivity index (χ0) is 11.3. The fraction of sp³-hybridized carbons (Fsp3) is 1.00. The molecule has 1 atom stereocenters. The Morgan fingerprint density at radius 1 is 1.33 bits per heavy atom. The van der Waals surface area contributed by atoms with Gasteiger partial charge >= 0.3 is 0 Å². The quantitative estimate of drug-likeness (QED) is 0.763. The molecular weight excluding hydrogens is 206 g/mol. The summed E-state index contributed by atoms with van der Waals surface area (Å²) in [7, 11) is -0.573. The lowest BCUT2D eigenvalue weighted by molar-refractivity contribution is 0.344. The average molecular weight is 231 g/mol. The van der Waals surface area contributed by atoms with Crippen LogP contribution in [0, 0.1) is 5.41 Å². The average Bonchev–Trinajstić information content (AvgIpc) is 2.70. The van der Waals surface area contributed by atoms with Crippen molar-refractivity contribution >= 4 is 10.8 Å². The molecule has 0 saturated heterocycles. The molecule has 15 heavy (non-hydrogen) atoms. The van der Waals surface area contributed by atoms with Crippen molar-refractivity contribution in [2.45, 2.75) is 57.6 Å². The number of hydrogen-bond donors (Lipinski definition) is 1. The maximum Gasteiger partial charge on any atom is 0.0348 e. The third-order valence-electron chi connectivity index (χ3n) is 3.43. The van der Waals surface area contributed by atoms with E-state index < -0.39 is 10.8 Å². The minimum absolute atomic E-state index is 0.222. The molecule has 1 aliphatic rings. The molecule has 1 aliphatic carbocycles. The molecular formula is C12H25NOS. The lowest BCUT2D eigenvalue weighted by Crippen LogP contribution is -2.24. The van der Waals surface area contributed by atoms with Gasteiger partial charge in [0.15, 0.2) is 0 Å². The van der Waals surface area contributed by atoms with E-state index in [4.69, 9.17) is 5.73 Å². The normalized spacial score (nSPS) is 20.7. The summed E-state index contributed by atoms with van der Waals surface area (Å²) < 4.78 is 11.9.